The van der Waals surface area contributed by atoms with Gasteiger partial charge < -0.3 is 4.42 Å². The number of ketones is 1. The van der Waals surface area contributed by atoms with Crippen LogP contribution < -0.4 is 0 Å². The van der Waals surface area contributed by atoms with Crippen molar-refractivity contribution in [3.05, 3.63) is 54.5 Å². The van der Waals surface area contributed by atoms with Crippen LogP contribution in [0, 0.1) is 5.92 Å². The summed E-state index contributed by atoms with van der Waals surface area (Å²) in [6.45, 7) is 5.40. The van der Waals surface area contributed by atoms with Crippen LogP contribution in [0.25, 0.3) is 5.57 Å². The number of hydrogen-bond acceptors (Lipinski definition) is 2. The van der Waals surface area contributed by atoms with E-state index in [4.69, 9.17) is 4.42 Å². The summed E-state index contributed by atoms with van der Waals surface area (Å²) >= 11 is 0. The van der Waals surface area contributed by atoms with Gasteiger partial charge >= 0.3 is 0 Å². The normalized spacial score (nSPS) is 19.0. The number of furan rings is 1. The van der Waals surface area contributed by atoms with E-state index >= 15 is 0 Å². The van der Waals surface area contributed by atoms with Gasteiger partial charge in [0.05, 0.1) is 12.2 Å². The van der Waals surface area contributed by atoms with Gasteiger partial charge in [0.2, 0.25) is 0 Å². The zero-order chi connectivity index (χ0) is 10.8. The molecule has 2 heteroatoms. The van der Waals surface area contributed by atoms with Crippen molar-refractivity contribution in [1.82, 2.24) is 0 Å². The third-order valence-electron chi connectivity index (χ3n) is 2.42. The van der Waals surface area contributed by atoms with Crippen molar-refractivity contribution in [2.24, 2.45) is 5.92 Å². The first-order valence-electron chi connectivity index (χ1n) is 4.82. The number of rotatable bonds is 3. The highest BCUT2D eigenvalue weighted by atomic mass is 16.3. The maximum Gasteiger partial charge on any atom is 0.169 e. The summed E-state index contributed by atoms with van der Waals surface area (Å²) in [5.74, 6) is 0.569. The summed E-state index contributed by atoms with van der Waals surface area (Å²) < 4.78 is 5.29. The molecular weight excluding hydrogens is 188 g/mol. The summed E-state index contributed by atoms with van der Waals surface area (Å²) in [7, 11) is 0. The Kier molecular flexibility index (Phi) is 2.42. The SMILES string of the molecule is C=C(C)C(=O)C1C=CC=C1c1ccco1. The Hall–Kier alpha value is -1.83. The van der Waals surface area contributed by atoms with Gasteiger partial charge in [-0.05, 0) is 24.6 Å². The molecule has 2 nitrogen and oxygen atoms in total. The van der Waals surface area contributed by atoms with Crippen molar-refractivity contribution >= 4 is 11.4 Å². The van der Waals surface area contributed by atoms with Crippen LogP contribution in [0.2, 0.25) is 0 Å². The molecule has 76 valence electrons. The Labute approximate surface area is 88.6 Å². The lowest BCUT2D eigenvalue weighted by molar-refractivity contribution is -0.116. The Morgan fingerprint density at radius 2 is 2.33 bits per heavy atom. The van der Waals surface area contributed by atoms with Crippen molar-refractivity contribution in [3.63, 3.8) is 0 Å². The molecule has 0 saturated heterocycles. The van der Waals surface area contributed by atoms with E-state index in [-0.39, 0.29) is 11.7 Å². The van der Waals surface area contributed by atoms with E-state index in [1.807, 2.05) is 30.4 Å². The minimum absolute atomic E-state index is 0.0476. The van der Waals surface area contributed by atoms with Crippen molar-refractivity contribution in [3.8, 4) is 0 Å². The van der Waals surface area contributed by atoms with E-state index in [2.05, 4.69) is 6.58 Å². The van der Waals surface area contributed by atoms with Crippen LogP contribution in [-0.2, 0) is 4.79 Å². The second-order valence-corrected chi connectivity index (χ2v) is 3.61. The van der Waals surface area contributed by atoms with E-state index in [1.54, 1.807) is 13.2 Å². The molecular formula is C13H12O2. The molecule has 1 unspecified atom stereocenters. The van der Waals surface area contributed by atoms with Gasteiger partial charge in [-0.1, -0.05) is 24.8 Å². The molecule has 0 saturated carbocycles. The Morgan fingerprint density at radius 3 is 2.93 bits per heavy atom. The lowest BCUT2D eigenvalue weighted by atomic mass is 9.93. The van der Waals surface area contributed by atoms with Gasteiger partial charge in [0.15, 0.2) is 5.78 Å². The van der Waals surface area contributed by atoms with Crippen molar-refractivity contribution in [2.75, 3.05) is 0 Å². The van der Waals surface area contributed by atoms with Gasteiger partial charge in [-0.2, -0.15) is 0 Å². The predicted octanol–water partition coefficient (Wildman–Crippen LogP) is 2.99. The summed E-state index contributed by atoms with van der Waals surface area (Å²) in [5, 5.41) is 0. The molecule has 2 rings (SSSR count). The Morgan fingerprint density at radius 1 is 1.53 bits per heavy atom. The summed E-state index contributed by atoms with van der Waals surface area (Å²) in [6.07, 6.45) is 7.26. The van der Waals surface area contributed by atoms with Gasteiger partial charge in [0, 0.05) is 5.57 Å². The maximum absolute atomic E-state index is 11.8. The monoisotopic (exact) mass is 200 g/mol. The fourth-order valence-electron chi connectivity index (χ4n) is 1.65. The first kappa shape index (κ1) is 9.71. The highest BCUT2D eigenvalue weighted by Crippen LogP contribution is 2.31. The smallest absolute Gasteiger partial charge is 0.169 e. The Balaban J connectivity index is 2.29. The highest BCUT2D eigenvalue weighted by Gasteiger charge is 2.25. The van der Waals surface area contributed by atoms with Gasteiger partial charge in [-0.15, -0.1) is 0 Å². The molecule has 0 aliphatic heterocycles. The molecule has 0 aromatic carbocycles. The molecule has 0 amide bonds. The van der Waals surface area contributed by atoms with Crippen LogP contribution in [0.3, 0.4) is 0 Å². The van der Waals surface area contributed by atoms with Gasteiger partial charge in [-0.3, -0.25) is 4.79 Å². The summed E-state index contributed by atoms with van der Waals surface area (Å²) in [5.41, 5.74) is 1.48. The van der Waals surface area contributed by atoms with E-state index in [1.165, 1.54) is 0 Å². The molecule has 0 fully saturated rings. The summed E-state index contributed by atoms with van der Waals surface area (Å²) in [6, 6.07) is 3.67. The zero-order valence-electron chi connectivity index (χ0n) is 8.57. The first-order valence-corrected chi connectivity index (χ1v) is 4.82. The molecule has 1 aromatic heterocycles. The van der Waals surface area contributed by atoms with Crippen molar-refractivity contribution in [2.45, 2.75) is 6.92 Å². The lowest BCUT2D eigenvalue weighted by Crippen LogP contribution is -2.12. The molecule has 0 bridgehead atoms. The molecule has 1 aliphatic rings. The predicted molar refractivity (Wildman–Crippen MR) is 59.1 cm³/mol. The van der Waals surface area contributed by atoms with E-state index in [0.717, 1.165) is 11.3 Å². The zero-order valence-corrected chi connectivity index (χ0v) is 8.57. The average molecular weight is 200 g/mol. The number of allylic oxidation sites excluding steroid dienone is 5. The van der Waals surface area contributed by atoms with Crippen LogP contribution in [0.1, 0.15) is 12.7 Å². The molecule has 1 aliphatic carbocycles. The number of Topliss-reactive ketones (excluding diaryl/α,β-unsaturated/α-hetero) is 1. The first-order chi connectivity index (χ1) is 7.20. The number of carbonyl (C=O) groups is 1. The number of carbonyl (C=O) groups excluding carboxylic acids is 1. The molecule has 0 radical (unpaired) electrons. The number of hydrogen-bond donors (Lipinski definition) is 0. The molecule has 0 N–H and O–H groups in total. The minimum Gasteiger partial charge on any atom is -0.465 e. The third kappa shape index (κ3) is 1.71. The Bertz CT molecular complexity index is 447. The van der Waals surface area contributed by atoms with E-state index < -0.39 is 0 Å². The lowest BCUT2D eigenvalue weighted by Gasteiger charge is -2.10. The fourth-order valence-corrected chi connectivity index (χ4v) is 1.65. The second-order valence-electron chi connectivity index (χ2n) is 3.61. The maximum atomic E-state index is 11.8. The topological polar surface area (TPSA) is 30.2 Å². The van der Waals surface area contributed by atoms with E-state index in [9.17, 15) is 4.79 Å². The molecule has 1 atom stereocenters. The molecule has 1 heterocycles. The minimum atomic E-state index is -0.228. The molecule has 0 spiro atoms. The van der Waals surface area contributed by atoms with Crippen LogP contribution in [0.5, 0.6) is 0 Å². The standard InChI is InChI=1S/C13H12O2/c1-9(2)13(14)11-6-3-5-10(11)12-7-4-8-15-12/h3-8,11H,1H2,2H3. The fraction of sp³-hybridized carbons (Fsp3) is 0.154. The van der Waals surface area contributed by atoms with Crippen molar-refractivity contribution in [1.29, 1.82) is 0 Å². The van der Waals surface area contributed by atoms with Crippen LogP contribution >= 0.6 is 0 Å². The van der Waals surface area contributed by atoms with Gasteiger partial charge in [-0.25, -0.2) is 0 Å². The third-order valence-corrected chi connectivity index (χ3v) is 2.42. The van der Waals surface area contributed by atoms with Crippen LogP contribution in [0.4, 0.5) is 0 Å². The average Bonchev–Trinajstić information content (AvgIpc) is 2.86. The van der Waals surface area contributed by atoms with Gasteiger partial charge in [0.25, 0.3) is 0 Å². The van der Waals surface area contributed by atoms with Crippen molar-refractivity contribution < 1.29 is 9.21 Å². The molecule has 15 heavy (non-hydrogen) atoms. The van der Waals surface area contributed by atoms with E-state index in [0.29, 0.717) is 5.57 Å². The second kappa shape index (κ2) is 3.73. The van der Waals surface area contributed by atoms with Gasteiger partial charge in [0.1, 0.15) is 5.76 Å². The van der Waals surface area contributed by atoms with Crippen LogP contribution in [0.15, 0.2) is 53.2 Å². The summed E-state index contributed by atoms with van der Waals surface area (Å²) in [4.78, 5) is 11.8. The molecule has 1 aromatic rings. The van der Waals surface area contributed by atoms with Crippen LogP contribution in [-0.4, -0.2) is 5.78 Å². The largest absolute Gasteiger partial charge is 0.465 e. The highest BCUT2D eigenvalue weighted by molar-refractivity contribution is 6.05. The quantitative estimate of drug-likeness (QED) is 0.702.